The Labute approximate surface area is 156 Å². The zero-order valence-corrected chi connectivity index (χ0v) is 14.2. The molecule has 0 aliphatic carbocycles. The number of anilines is 1. The first-order valence-electron chi connectivity index (χ1n) is 7.87. The number of aliphatic hydroxyl groups excluding tert-OH is 1. The predicted molar refractivity (Wildman–Crippen MR) is 99.3 cm³/mol. The predicted octanol–water partition coefficient (Wildman–Crippen LogP) is 0.268. The number of nitrogens with two attached hydrogens (primary N) is 1. The number of hydrogen-bond acceptors (Lipinski definition) is 5. The number of nitrogen functional groups attached to an aromatic ring is 1. The van der Waals surface area contributed by atoms with Crippen LogP contribution in [0.3, 0.4) is 0 Å². The van der Waals surface area contributed by atoms with E-state index >= 15 is 0 Å². The van der Waals surface area contributed by atoms with Crippen molar-refractivity contribution in [2.75, 3.05) is 12.3 Å². The van der Waals surface area contributed by atoms with E-state index in [0.29, 0.717) is 11.3 Å². The molecule has 7 heteroatoms. The molecule has 0 heterocycles. The van der Waals surface area contributed by atoms with Gasteiger partial charge in [-0.3, -0.25) is 14.8 Å². The van der Waals surface area contributed by atoms with Crippen molar-refractivity contribution in [1.82, 2.24) is 10.8 Å². The van der Waals surface area contributed by atoms with Gasteiger partial charge in [0.15, 0.2) is 0 Å². The third-order valence-corrected chi connectivity index (χ3v) is 3.45. The maximum atomic E-state index is 12.0. The molecule has 0 aliphatic heterocycles. The molecule has 0 unspecified atom stereocenters. The maximum absolute atomic E-state index is 12.0. The van der Waals surface area contributed by atoms with E-state index in [1.54, 1.807) is 36.4 Å². The number of nitrogens with one attached hydrogen (secondary N) is 2. The van der Waals surface area contributed by atoms with Crippen molar-refractivity contribution < 1.29 is 19.9 Å². The summed E-state index contributed by atoms with van der Waals surface area (Å²) in [5, 5.41) is 19.9. The van der Waals surface area contributed by atoms with Gasteiger partial charge in [0.2, 0.25) is 0 Å². The van der Waals surface area contributed by atoms with E-state index < -0.39 is 24.5 Å². The molecule has 2 amide bonds. The van der Waals surface area contributed by atoms with Gasteiger partial charge in [0.05, 0.1) is 6.61 Å². The second kappa shape index (κ2) is 9.64. The molecular weight excluding hydrogens is 346 g/mol. The lowest BCUT2D eigenvalue weighted by Crippen LogP contribution is -2.48. The summed E-state index contributed by atoms with van der Waals surface area (Å²) in [4.78, 5) is 23.3. The summed E-state index contributed by atoms with van der Waals surface area (Å²) >= 11 is 0. The lowest BCUT2D eigenvalue weighted by molar-refractivity contribution is -0.132. The first-order valence-corrected chi connectivity index (χ1v) is 7.87. The fraction of sp³-hybridized carbons (Fsp3) is 0.100. The van der Waals surface area contributed by atoms with Crippen LogP contribution in [0.25, 0.3) is 0 Å². The number of hydrogen-bond donors (Lipinski definition) is 5. The van der Waals surface area contributed by atoms with Crippen molar-refractivity contribution in [1.29, 1.82) is 0 Å². The third-order valence-electron chi connectivity index (χ3n) is 3.45. The molecule has 27 heavy (non-hydrogen) atoms. The van der Waals surface area contributed by atoms with Crippen LogP contribution in [0.5, 0.6) is 0 Å². The van der Waals surface area contributed by atoms with Gasteiger partial charge in [0.1, 0.15) is 6.04 Å². The molecular formula is C20H17N3O4. The quantitative estimate of drug-likeness (QED) is 0.231. The Morgan fingerprint density at radius 3 is 1.96 bits per heavy atom. The maximum Gasteiger partial charge on any atom is 0.268 e. The van der Waals surface area contributed by atoms with Crippen molar-refractivity contribution in [2.24, 2.45) is 0 Å². The summed E-state index contributed by atoms with van der Waals surface area (Å²) < 4.78 is 0. The molecule has 1 atom stereocenters. The minimum atomic E-state index is -1.24. The van der Waals surface area contributed by atoms with Gasteiger partial charge in [-0.05, 0) is 60.4 Å². The second-order valence-corrected chi connectivity index (χ2v) is 5.38. The normalized spacial score (nSPS) is 10.4. The number of aliphatic hydroxyl groups is 1. The summed E-state index contributed by atoms with van der Waals surface area (Å²) in [7, 11) is 0. The first kappa shape index (κ1) is 19.5. The molecule has 0 spiro atoms. The van der Waals surface area contributed by atoms with Crippen LogP contribution in [0.2, 0.25) is 0 Å². The SMILES string of the molecule is Nc1ccc(C#CC#Cc2ccc(C(=O)N[C@H](CO)C(=O)NO)cc2)cc1. The van der Waals surface area contributed by atoms with Gasteiger partial charge >= 0.3 is 0 Å². The Morgan fingerprint density at radius 1 is 0.963 bits per heavy atom. The van der Waals surface area contributed by atoms with Gasteiger partial charge in [-0.1, -0.05) is 11.8 Å². The Kier molecular flexibility index (Phi) is 6.98. The van der Waals surface area contributed by atoms with Crippen molar-refractivity contribution in [2.45, 2.75) is 6.04 Å². The number of carbonyl (C=O) groups excluding carboxylic acids is 2. The Morgan fingerprint density at radius 2 is 1.48 bits per heavy atom. The van der Waals surface area contributed by atoms with E-state index in [4.69, 9.17) is 16.0 Å². The van der Waals surface area contributed by atoms with Crippen LogP contribution in [0.1, 0.15) is 21.5 Å². The molecule has 136 valence electrons. The number of benzene rings is 2. The van der Waals surface area contributed by atoms with Crippen molar-refractivity contribution in [3.8, 4) is 23.7 Å². The zero-order valence-electron chi connectivity index (χ0n) is 14.2. The average Bonchev–Trinajstić information content (AvgIpc) is 2.70. The standard InChI is InChI=1S/C20H17N3O4/c21-17-11-7-15(8-12-17)4-2-1-3-14-5-9-16(10-6-14)19(25)22-18(13-24)20(26)23-27/h5-12,18,24,27H,13,21H2,(H,22,25)(H,23,26)/t18-/m1/s1. The minimum absolute atomic E-state index is 0.276. The van der Waals surface area contributed by atoms with Crippen LogP contribution in [0.15, 0.2) is 48.5 Å². The molecule has 7 nitrogen and oxygen atoms in total. The van der Waals surface area contributed by atoms with Gasteiger partial charge in [0.25, 0.3) is 11.8 Å². The molecule has 0 saturated carbocycles. The summed E-state index contributed by atoms with van der Waals surface area (Å²) in [6, 6.07) is 12.2. The lowest BCUT2D eigenvalue weighted by Gasteiger charge is -2.13. The second-order valence-electron chi connectivity index (χ2n) is 5.38. The highest BCUT2D eigenvalue weighted by atomic mass is 16.5. The average molecular weight is 363 g/mol. The zero-order chi connectivity index (χ0) is 19.6. The molecule has 0 aromatic heterocycles. The van der Waals surface area contributed by atoms with Gasteiger partial charge in [-0.25, -0.2) is 5.48 Å². The highest BCUT2D eigenvalue weighted by Gasteiger charge is 2.19. The molecule has 0 radical (unpaired) electrons. The first-order chi connectivity index (χ1) is 13.0. The van der Waals surface area contributed by atoms with Crippen LogP contribution < -0.4 is 16.5 Å². The van der Waals surface area contributed by atoms with Crippen LogP contribution >= 0.6 is 0 Å². The summed E-state index contributed by atoms with van der Waals surface area (Å²) in [6.45, 7) is -0.644. The van der Waals surface area contributed by atoms with Gasteiger partial charge in [0, 0.05) is 22.4 Å². The third kappa shape index (κ3) is 5.91. The van der Waals surface area contributed by atoms with Gasteiger partial charge < -0.3 is 16.2 Å². The van der Waals surface area contributed by atoms with E-state index in [-0.39, 0.29) is 5.56 Å². The molecule has 6 N–H and O–H groups in total. The Bertz CT molecular complexity index is 930. The molecule has 0 aliphatic rings. The topological polar surface area (TPSA) is 125 Å². The minimum Gasteiger partial charge on any atom is -0.399 e. The Hall–Kier alpha value is -3.78. The molecule has 0 fully saturated rings. The van der Waals surface area contributed by atoms with Crippen LogP contribution in [-0.2, 0) is 4.79 Å². The fourth-order valence-electron chi connectivity index (χ4n) is 1.99. The summed E-state index contributed by atoms with van der Waals surface area (Å²) in [5.74, 6) is 9.72. The highest BCUT2D eigenvalue weighted by molar-refractivity contribution is 5.97. The number of hydroxylamine groups is 1. The van der Waals surface area contributed by atoms with E-state index in [0.717, 1.165) is 5.56 Å². The van der Waals surface area contributed by atoms with Crippen LogP contribution in [0, 0.1) is 23.7 Å². The van der Waals surface area contributed by atoms with Crippen molar-refractivity contribution in [3.63, 3.8) is 0 Å². The van der Waals surface area contributed by atoms with Crippen molar-refractivity contribution >= 4 is 17.5 Å². The Balaban J connectivity index is 2.00. The number of carbonyl (C=O) groups is 2. The van der Waals surface area contributed by atoms with E-state index in [1.807, 2.05) is 0 Å². The molecule has 2 aromatic carbocycles. The molecule has 0 bridgehead atoms. The monoisotopic (exact) mass is 363 g/mol. The lowest BCUT2D eigenvalue weighted by atomic mass is 10.1. The highest BCUT2D eigenvalue weighted by Crippen LogP contribution is 2.05. The largest absolute Gasteiger partial charge is 0.399 e. The van der Waals surface area contributed by atoms with Gasteiger partial charge in [-0.2, -0.15) is 0 Å². The fourth-order valence-corrected chi connectivity index (χ4v) is 1.99. The molecule has 2 rings (SSSR count). The van der Waals surface area contributed by atoms with E-state index in [2.05, 4.69) is 29.0 Å². The number of rotatable bonds is 4. The van der Waals surface area contributed by atoms with E-state index in [1.165, 1.54) is 17.6 Å². The van der Waals surface area contributed by atoms with Crippen molar-refractivity contribution in [3.05, 3.63) is 65.2 Å². The van der Waals surface area contributed by atoms with E-state index in [9.17, 15) is 9.59 Å². The smallest absolute Gasteiger partial charge is 0.268 e. The molecule has 0 saturated heterocycles. The summed E-state index contributed by atoms with van der Waals surface area (Å²) in [5.41, 5.74) is 9.37. The van der Waals surface area contributed by atoms with Crippen LogP contribution in [0.4, 0.5) is 5.69 Å². The summed E-state index contributed by atoms with van der Waals surface area (Å²) in [6.07, 6.45) is 0. The van der Waals surface area contributed by atoms with Crippen LogP contribution in [-0.4, -0.2) is 34.8 Å². The molecule has 2 aromatic rings. The number of amides is 2. The van der Waals surface area contributed by atoms with Gasteiger partial charge in [-0.15, -0.1) is 0 Å².